The number of methoxy groups -OCH3 is 1. The van der Waals surface area contributed by atoms with Gasteiger partial charge in [-0.15, -0.1) is 0 Å². The number of ether oxygens (including phenoxy) is 1. The molecule has 0 unspecified atom stereocenters. The Morgan fingerprint density at radius 3 is 2.55 bits per heavy atom. The van der Waals surface area contributed by atoms with Crippen LogP contribution in [-0.4, -0.2) is 39.9 Å². The lowest BCUT2D eigenvalue weighted by molar-refractivity contribution is -0.164. The second kappa shape index (κ2) is 9.68. The molecule has 0 spiro atoms. The average Bonchev–Trinajstić information content (AvgIpc) is 3.46. The summed E-state index contributed by atoms with van der Waals surface area (Å²) in [6.45, 7) is 0.440. The Bertz CT molecular complexity index is 1560. The van der Waals surface area contributed by atoms with Crippen molar-refractivity contribution in [1.29, 1.82) is 0 Å². The molecule has 0 bridgehead atoms. The van der Waals surface area contributed by atoms with E-state index in [1.165, 1.54) is 25.4 Å². The number of benzene rings is 2. The maximum absolute atomic E-state index is 15.4. The Morgan fingerprint density at radius 1 is 1.21 bits per heavy atom. The maximum Gasteiger partial charge on any atom is 0.410 e. The first-order valence-corrected chi connectivity index (χ1v) is 11.0. The average molecular weight is 536 g/mol. The van der Waals surface area contributed by atoms with E-state index in [4.69, 9.17) is 16.2 Å². The molecule has 4 aromatic rings. The summed E-state index contributed by atoms with van der Waals surface area (Å²) in [5.74, 6) is -3.97. The number of hydrogen-bond donors (Lipinski definition) is 4. The Kier molecular flexibility index (Phi) is 6.74. The summed E-state index contributed by atoms with van der Waals surface area (Å²) in [5, 5.41) is 6.64. The number of fused-ring (bicyclic) bond motifs is 1. The highest BCUT2D eigenvalue weighted by atomic mass is 19.4. The van der Waals surface area contributed by atoms with Gasteiger partial charge in [-0.1, -0.05) is 0 Å². The summed E-state index contributed by atoms with van der Waals surface area (Å²) >= 11 is 0. The van der Waals surface area contributed by atoms with Gasteiger partial charge in [-0.3, -0.25) is 9.59 Å². The summed E-state index contributed by atoms with van der Waals surface area (Å²) in [7, 11) is 1.30. The van der Waals surface area contributed by atoms with E-state index in [2.05, 4.69) is 15.4 Å². The number of aromatic amines is 1. The van der Waals surface area contributed by atoms with Crippen LogP contribution in [0.2, 0.25) is 0 Å². The van der Waals surface area contributed by atoms with Gasteiger partial charge in [0.25, 0.3) is 11.8 Å². The van der Waals surface area contributed by atoms with Gasteiger partial charge in [-0.25, -0.2) is 13.5 Å². The number of carbonyl (C=O) groups is 2. The number of anilines is 1. The standard InChI is InChI=1S/C24H21F5N6O3/c1-10(24(27,28)29)35-21(30)18(22(31)36)20(34-35)13-8-16(26)15(19-12(13)5-6-32-19)9-33-23(37)14-7-11(25)3-4-17(14)38-2/h3-8,10,32H,9,30H2,1-2H3,(H2,31,36)(H,33,37)/t10-/m1/s1. The topological polar surface area (TPSA) is 141 Å². The molecule has 2 aromatic carbocycles. The minimum Gasteiger partial charge on any atom is -0.496 e. The van der Waals surface area contributed by atoms with Gasteiger partial charge in [-0.2, -0.15) is 18.3 Å². The lowest BCUT2D eigenvalue weighted by Crippen LogP contribution is -2.26. The number of halogens is 5. The number of nitrogens with two attached hydrogens (primary N) is 2. The lowest BCUT2D eigenvalue weighted by Gasteiger charge is -2.17. The second-order valence-corrected chi connectivity index (χ2v) is 8.31. The molecule has 0 radical (unpaired) electrons. The zero-order valence-electron chi connectivity index (χ0n) is 19.9. The van der Waals surface area contributed by atoms with Crippen molar-refractivity contribution in [3.63, 3.8) is 0 Å². The fourth-order valence-electron chi connectivity index (χ4n) is 4.06. The van der Waals surface area contributed by atoms with Crippen molar-refractivity contribution in [3.8, 4) is 17.0 Å². The third kappa shape index (κ3) is 4.60. The van der Waals surface area contributed by atoms with Gasteiger partial charge in [0, 0.05) is 29.3 Å². The summed E-state index contributed by atoms with van der Waals surface area (Å²) in [6, 6.07) is 3.58. The molecule has 0 aliphatic carbocycles. The quantitative estimate of drug-likeness (QED) is 0.264. The smallest absolute Gasteiger partial charge is 0.410 e. The lowest BCUT2D eigenvalue weighted by atomic mass is 9.99. The number of rotatable bonds is 7. The molecular weight excluding hydrogens is 515 g/mol. The molecule has 9 nitrogen and oxygen atoms in total. The predicted octanol–water partition coefficient (Wildman–Crippen LogP) is 4.05. The van der Waals surface area contributed by atoms with Crippen LogP contribution in [0.5, 0.6) is 5.75 Å². The number of nitrogen functional groups attached to an aromatic ring is 1. The van der Waals surface area contributed by atoms with Crippen molar-refractivity contribution in [3.05, 3.63) is 64.9 Å². The van der Waals surface area contributed by atoms with Crippen LogP contribution < -0.4 is 21.5 Å². The summed E-state index contributed by atoms with van der Waals surface area (Å²) in [6.07, 6.45) is -3.31. The molecule has 0 aliphatic heterocycles. The molecule has 2 amide bonds. The fourth-order valence-corrected chi connectivity index (χ4v) is 4.06. The van der Waals surface area contributed by atoms with Gasteiger partial charge in [-0.05, 0) is 37.3 Å². The van der Waals surface area contributed by atoms with E-state index < -0.39 is 47.0 Å². The second-order valence-electron chi connectivity index (χ2n) is 8.31. The van der Waals surface area contributed by atoms with E-state index >= 15 is 4.39 Å². The first kappa shape index (κ1) is 26.4. The van der Waals surface area contributed by atoms with Crippen LogP contribution >= 0.6 is 0 Å². The Balaban J connectivity index is 1.77. The molecule has 14 heteroatoms. The van der Waals surface area contributed by atoms with Crippen LogP contribution in [0.1, 0.15) is 39.2 Å². The Labute approximate surface area is 211 Å². The van der Waals surface area contributed by atoms with Crippen molar-refractivity contribution in [2.24, 2.45) is 5.73 Å². The van der Waals surface area contributed by atoms with Gasteiger partial charge in [0.1, 0.15) is 40.5 Å². The number of H-pyrrole nitrogens is 1. The largest absolute Gasteiger partial charge is 0.496 e. The molecule has 2 aromatic heterocycles. The first-order chi connectivity index (χ1) is 17.8. The highest BCUT2D eigenvalue weighted by molar-refractivity contribution is 6.07. The molecule has 200 valence electrons. The van der Waals surface area contributed by atoms with E-state index in [0.717, 1.165) is 25.1 Å². The molecule has 6 N–H and O–H groups in total. The van der Waals surface area contributed by atoms with Crippen LogP contribution in [0.15, 0.2) is 36.5 Å². The third-order valence-corrected chi connectivity index (χ3v) is 6.02. The molecule has 0 saturated carbocycles. The molecule has 38 heavy (non-hydrogen) atoms. The van der Waals surface area contributed by atoms with Crippen molar-refractivity contribution in [1.82, 2.24) is 20.1 Å². The maximum atomic E-state index is 15.4. The molecule has 0 aliphatic rings. The van der Waals surface area contributed by atoms with Gasteiger partial charge in [0.05, 0.1) is 18.2 Å². The monoisotopic (exact) mass is 536 g/mol. The fraction of sp³-hybridized carbons (Fsp3) is 0.208. The molecule has 4 rings (SSSR count). The summed E-state index contributed by atoms with van der Waals surface area (Å²) in [5.41, 5.74) is 10.4. The number of carbonyl (C=O) groups excluding carboxylic acids is 2. The van der Waals surface area contributed by atoms with Gasteiger partial charge in [0.15, 0.2) is 0 Å². The number of nitrogens with zero attached hydrogens (tertiary/aromatic N) is 2. The summed E-state index contributed by atoms with van der Waals surface area (Å²) < 4.78 is 74.6. The Hall–Kier alpha value is -4.62. The van der Waals surface area contributed by atoms with Crippen LogP contribution in [0.4, 0.5) is 27.8 Å². The molecule has 2 heterocycles. The van der Waals surface area contributed by atoms with E-state index in [9.17, 15) is 27.2 Å². The zero-order valence-corrected chi connectivity index (χ0v) is 19.9. The first-order valence-electron chi connectivity index (χ1n) is 11.0. The van der Waals surface area contributed by atoms with Crippen molar-refractivity contribution in [2.75, 3.05) is 12.8 Å². The zero-order chi connectivity index (χ0) is 27.9. The van der Waals surface area contributed by atoms with Crippen LogP contribution in [-0.2, 0) is 6.54 Å². The Morgan fingerprint density at radius 2 is 1.92 bits per heavy atom. The van der Waals surface area contributed by atoms with Crippen molar-refractivity contribution in [2.45, 2.75) is 25.7 Å². The van der Waals surface area contributed by atoms with E-state index in [1.807, 2.05) is 0 Å². The van der Waals surface area contributed by atoms with Crippen molar-refractivity contribution >= 4 is 28.5 Å². The molecular formula is C24H21F5N6O3. The van der Waals surface area contributed by atoms with Gasteiger partial charge in [0.2, 0.25) is 0 Å². The SMILES string of the molecule is COc1ccc(F)cc1C(=O)NCc1c(F)cc(-c2nn([C@H](C)C(F)(F)F)c(N)c2C(N)=O)c2cc[nH]c12. The molecule has 1 atom stereocenters. The summed E-state index contributed by atoms with van der Waals surface area (Å²) in [4.78, 5) is 27.6. The predicted molar refractivity (Wildman–Crippen MR) is 127 cm³/mol. The minimum absolute atomic E-state index is 0.0193. The van der Waals surface area contributed by atoms with Crippen LogP contribution in [0.3, 0.4) is 0 Å². The van der Waals surface area contributed by atoms with E-state index in [-0.39, 0.29) is 45.6 Å². The van der Waals surface area contributed by atoms with Crippen LogP contribution in [0, 0.1) is 11.6 Å². The molecule has 0 fully saturated rings. The van der Waals surface area contributed by atoms with E-state index in [1.54, 1.807) is 0 Å². The molecule has 0 saturated heterocycles. The number of primary amides is 1. The van der Waals surface area contributed by atoms with Crippen LogP contribution in [0.25, 0.3) is 22.2 Å². The number of nitrogens with one attached hydrogen (secondary N) is 2. The highest BCUT2D eigenvalue weighted by Gasteiger charge is 2.40. The normalized spacial score (nSPS) is 12.5. The number of aromatic nitrogens is 3. The third-order valence-electron chi connectivity index (χ3n) is 6.02. The van der Waals surface area contributed by atoms with Gasteiger partial charge >= 0.3 is 6.18 Å². The van der Waals surface area contributed by atoms with E-state index in [0.29, 0.717) is 4.68 Å². The number of hydrogen-bond acceptors (Lipinski definition) is 5. The highest BCUT2D eigenvalue weighted by Crippen LogP contribution is 2.39. The number of amides is 2. The van der Waals surface area contributed by atoms with Crippen molar-refractivity contribution < 1.29 is 36.3 Å². The minimum atomic E-state index is -4.74. The van der Waals surface area contributed by atoms with Gasteiger partial charge < -0.3 is 26.5 Å². The number of alkyl halides is 3.